The Kier molecular flexibility index (Phi) is 4.22. The van der Waals surface area contributed by atoms with Crippen LogP contribution in [0.4, 0.5) is 0 Å². The molecule has 0 radical (unpaired) electrons. The zero-order chi connectivity index (χ0) is 12.4. The average Bonchev–Trinajstić information content (AvgIpc) is 2.79. The second-order valence-electron chi connectivity index (χ2n) is 6.36. The summed E-state index contributed by atoms with van der Waals surface area (Å²) in [5.74, 6) is 0.967. The molecule has 0 aromatic heterocycles. The zero-order valence-corrected chi connectivity index (χ0v) is 11.7. The van der Waals surface area contributed by atoms with E-state index in [1.165, 1.54) is 45.1 Å². The highest BCUT2D eigenvalue weighted by atomic mass is 16.5. The molecule has 0 bridgehead atoms. The number of ether oxygens (including phenoxy) is 1. The fourth-order valence-electron chi connectivity index (χ4n) is 3.80. The Morgan fingerprint density at radius 2 is 2.17 bits per heavy atom. The van der Waals surface area contributed by atoms with Gasteiger partial charge in [-0.2, -0.15) is 0 Å². The number of likely N-dealkylation sites (N-methyl/N-ethyl adjacent to an activating group) is 1. The summed E-state index contributed by atoms with van der Waals surface area (Å²) < 4.78 is 6.17. The van der Waals surface area contributed by atoms with Gasteiger partial charge in [0, 0.05) is 18.6 Å². The van der Waals surface area contributed by atoms with Gasteiger partial charge in [0.05, 0.1) is 12.7 Å². The molecule has 0 amide bonds. The van der Waals surface area contributed by atoms with Gasteiger partial charge in [0.2, 0.25) is 0 Å². The summed E-state index contributed by atoms with van der Waals surface area (Å²) in [6.07, 6.45) is 8.82. The molecule has 2 heterocycles. The van der Waals surface area contributed by atoms with Crippen molar-refractivity contribution >= 4 is 0 Å². The largest absolute Gasteiger partial charge is 0.374 e. The third-order valence-electron chi connectivity index (χ3n) is 5.14. The van der Waals surface area contributed by atoms with Crippen molar-refractivity contribution < 1.29 is 4.74 Å². The summed E-state index contributed by atoms with van der Waals surface area (Å²) in [5.41, 5.74) is 0. The summed E-state index contributed by atoms with van der Waals surface area (Å²) in [7, 11) is 0. The number of hydrogen-bond acceptors (Lipinski definition) is 3. The van der Waals surface area contributed by atoms with E-state index < -0.39 is 0 Å². The van der Waals surface area contributed by atoms with Gasteiger partial charge < -0.3 is 10.1 Å². The normalized spacial score (nSPS) is 35.2. The lowest BCUT2D eigenvalue weighted by Crippen LogP contribution is -2.54. The molecule has 3 heteroatoms. The Hall–Kier alpha value is -0.120. The molecule has 1 aliphatic carbocycles. The van der Waals surface area contributed by atoms with Crippen LogP contribution in [-0.4, -0.2) is 49.3 Å². The van der Waals surface area contributed by atoms with E-state index in [2.05, 4.69) is 17.1 Å². The van der Waals surface area contributed by atoms with E-state index in [9.17, 15) is 0 Å². The first-order chi connectivity index (χ1) is 8.86. The van der Waals surface area contributed by atoms with Gasteiger partial charge in [-0.25, -0.2) is 0 Å². The fourth-order valence-corrected chi connectivity index (χ4v) is 3.80. The third kappa shape index (κ3) is 2.73. The quantitative estimate of drug-likeness (QED) is 0.810. The van der Waals surface area contributed by atoms with Gasteiger partial charge in [-0.1, -0.05) is 26.2 Å². The molecular weight excluding hydrogens is 224 g/mol. The number of morpholine rings is 1. The highest BCUT2D eigenvalue weighted by Gasteiger charge is 2.36. The van der Waals surface area contributed by atoms with Gasteiger partial charge >= 0.3 is 0 Å². The van der Waals surface area contributed by atoms with Crippen molar-refractivity contribution in [3.05, 3.63) is 0 Å². The van der Waals surface area contributed by atoms with Crippen molar-refractivity contribution in [2.45, 2.75) is 63.6 Å². The van der Waals surface area contributed by atoms with Crippen LogP contribution in [-0.2, 0) is 4.74 Å². The topological polar surface area (TPSA) is 24.5 Å². The summed E-state index contributed by atoms with van der Waals surface area (Å²) >= 11 is 0. The van der Waals surface area contributed by atoms with Crippen molar-refractivity contribution in [1.29, 1.82) is 0 Å². The Bertz CT molecular complexity index is 267. The van der Waals surface area contributed by atoms with E-state index in [0.29, 0.717) is 12.1 Å². The van der Waals surface area contributed by atoms with Crippen molar-refractivity contribution in [3.8, 4) is 0 Å². The molecule has 3 unspecified atom stereocenters. The van der Waals surface area contributed by atoms with Gasteiger partial charge in [-0.15, -0.1) is 0 Å². The van der Waals surface area contributed by atoms with Gasteiger partial charge in [0.25, 0.3) is 0 Å². The van der Waals surface area contributed by atoms with Crippen LogP contribution in [0.3, 0.4) is 0 Å². The third-order valence-corrected chi connectivity index (χ3v) is 5.14. The van der Waals surface area contributed by atoms with Crippen LogP contribution in [0.15, 0.2) is 0 Å². The standard InChI is InChI=1S/C15H28N2O/c1-2-16-14(9-12-5-3-6-12)15-10-17-8-4-7-13(17)11-18-15/h12-16H,2-11H2,1H3. The van der Waals surface area contributed by atoms with Crippen molar-refractivity contribution in [1.82, 2.24) is 10.2 Å². The molecule has 3 aliphatic rings. The van der Waals surface area contributed by atoms with Crippen LogP contribution in [0.5, 0.6) is 0 Å². The number of hydrogen-bond donors (Lipinski definition) is 1. The maximum absolute atomic E-state index is 6.17. The summed E-state index contributed by atoms with van der Waals surface area (Å²) in [6, 6.07) is 1.31. The van der Waals surface area contributed by atoms with E-state index in [4.69, 9.17) is 4.74 Å². The molecule has 18 heavy (non-hydrogen) atoms. The molecule has 3 fully saturated rings. The van der Waals surface area contributed by atoms with E-state index in [1.54, 1.807) is 0 Å². The van der Waals surface area contributed by atoms with Crippen molar-refractivity contribution in [3.63, 3.8) is 0 Å². The molecule has 1 N–H and O–H groups in total. The Morgan fingerprint density at radius 1 is 1.28 bits per heavy atom. The van der Waals surface area contributed by atoms with Crippen LogP contribution in [0.25, 0.3) is 0 Å². The molecule has 0 aromatic rings. The molecule has 0 aromatic carbocycles. The van der Waals surface area contributed by atoms with Gasteiger partial charge in [0.1, 0.15) is 0 Å². The molecule has 2 saturated heterocycles. The first-order valence-electron chi connectivity index (χ1n) is 7.96. The molecule has 0 spiro atoms. The molecule has 2 aliphatic heterocycles. The number of fused-ring (bicyclic) bond motifs is 1. The SMILES string of the molecule is CCNC(CC1CCC1)C1CN2CCCC2CO1. The molecule has 3 nitrogen and oxygen atoms in total. The second-order valence-corrected chi connectivity index (χ2v) is 6.36. The minimum Gasteiger partial charge on any atom is -0.374 e. The molecule has 104 valence electrons. The zero-order valence-electron chi connectivity index (χ0n) is 11.7. The maximum atomic E-state index is 6.17. The first kappa shape index (κ1) is 12.9. The van der Waals surface area contributed by atoms with Gasteiger partial charge in [-0.3, -0.25) is 4.90 Å². The second kappa shape index (κ2) is 5.89. The lowest BCUT2D eigenvalue weighted by atomic mass is 9.79. The summed E-state index contributed by atoms with van der Waals surface area (Å²) in [5, 5.41) is 3.68. The smallest absolute Gasteiger partial charge is 0.0855 e. The van der Waals surface area contributed by atoms with Crippen molar-refractivity contribution in [2.24, 2.45) is 5.92 Å². The fraction of sp³-hybridized carbons (Fsp3) is 1.00. The maximum Gasteiger partial charge on any atom is 0.0855 e. The number of nitrogens with zero attached hydrogens (tertiary/aromatic N) is 1. The highest BCUT2D eigenvalue weighted by Crippen LogP contribution is 2.32. The van der Waals surface area contributed by atoms with E-state index in [0.717, 1.165) is 31.7 Å². The minimum atomic E-state index is 0.430. The summed E-state index contributed by atoms with van der Waals surface area (Å²) in [4.78, 5) is 2.67. The molecule has 3 rings (SSSR count). The lowest BCUT2D eigenvalue weighted by Gasteiger charge is -2.41. The number of rotatable bonds is 5. The molecule has 3 atom stereocenters. The Balaban J connectivity index is 1.55. The molecule has 1 saturated carbocycles. The minimum absolute atomic E-state index is 0.430. The van der Waals surface area contributed by atoms with Gasteiger partial charge in [-0.05, 0) is 38.3 Å². The predicted octanol–water partition coefficient (Wildman–Crippen LogP) is 2.02. The van der Waals surface area contributed by atoms with E-state index in [-0.39, 0.29) is 0 Å². The first-order valence-corrected chi connectivity index (χ1v) is 7.96. The highest BCUT2D eigenvalue weighted by molar-refractivity contribution is 4.91. The Labute approximate surface area is 111 Å². The average molecular weight is 252 g/mol. The lowest BCUT2D eigenvalue weighted by molar-refractivity contribution is -0.0688. The van der Waals surface area contributed by atoms with E-state index >= 15 is 0 Å². The predicted molar refractivity (Wildman–Crippen MR) is 73.8 cm³/mol. The molecular formula is C15H28N2O. The van der Waals surface area contributed by atoms with Crippen molar-refractivity contribution in [2.75, 3.05) is 26.2 Å². The Morgan fingerprint density at radius 3 is 2.89 bits per heavy atom. The monoisotopic (exact) mass is 252 g/mol. The van der Waals surface area contributed by atoms with E-state index in [1.807, 2.05) is 0 Å². The number of nitrogens with one attached hydrogen (secondary N) is 1. The van der Waals surface area contributed by atoms with Crippen LogP contribution in [0.1, 0.15) is 45.4 Å². The summed E-state index contributed by atoms with van der Waals surface area (Å²) in [6.45, 7) is 6.72. The van der Waals surface area contributed by atoms with Crippen LogP contribution in [0.2, 0.25) is 0 Å². The van der Waals surface area contributed by atoms with Crippen LogP contribution >= 0.6 is 0 Å². The van der Waals surface area contributed by atoms with Crippen LogP contribution in [0, 0.1) is 5.92 Å². The van der Waals surface area contributed by atoms with Gasteiger partial charge in [0.15, 0.2) is 0 Å². The van der Waals surface area contributed by atoms with Crippen LogP contribution < -0.4 is 5.32 Å².